The highest BCUT2D eigenvalue weighted by molar-refractivity contribution is 5.56. The quantitative estimate of drug-likeness (QED) is 0.789. The summed E-state index contributed by atoms with van der Waals surface area (Å²) in [4.78, 5) is 0. The van der Waals surface area contributed by atoms with Gasteiger partial charge in [-0.2, -0.15) is 0 Å². The number of rotatable bonds is 5. The molecule has 2 rings (SSSR count). The fourth-order valence-corrected chi connectivity index (χ4v) is 2.40. The molecule has 1 aliphatic rings. The lowest BCUT2D eigenvalue weighted by atomic mass is 9.96. The van der Waals surface area contributed by atoms with Crippen molar-refractivity contribution in [2.75, 3.05) is 20.3 Å². The van der Waals surface area contributed by atoms with Gasteiger partial charge in [0.15, 0.2) is 0 Å². The Morgan fingerprint density at radius 2 is 2.41 bits per heavy atom. The van der Waals surface area contributed by atoms with E-state index in [9.17, 15) is 0 Å². The number of fused-ring (bicyclic) bond motifs is 1. The summed E-state index contributed by atoms with van der Waals surface area (Å²) in [5, 5.41) is 0. The minimum absolute atomic E-state index is 0.629. The van der Waals surface area contributed by atoms with Crippen molar-refractivity contribution in [3.05, 3.63) is 35.4 Å². The molecule has 3 nitrogen and oxygen atoms in total. The molecule has 0 atom stereocenters. The van der Waals surface area contributed by atoms with E-state index in [4.69, 9.17) is 15.2 Å². The van der Waals surface area contributed by atoms with Crippen LogP contribution in [0.4, 0.5) is 0 Å². The monoisotopic (exact) mass is 233 g/mol. The summed E-state index contributed by atoms with van der Waals surface area (Å²) in [7, 11) is 1.70. The van der Waals surface area contributed by atoms with Gasteiger partial charge in [0.25, 0.3) is 0 Å². The number of nitrogens with two attached hydrogens (primary N) is 1. The number of hydrogen-bond donors (Lipinski definition) is 1. The first kappa shape index (κ1) is 12.0. The minimum atomic E-state index is 0.629. The molecule has 0 radical (unpaired) electrons. The van der Waals surface area contributed by atoms with Crippen LogP contribution in [0.25, 0.3) is 0 Å². The number of benzene rings is 1. The second kappa shape index (κ2) is 5.23. The molecule has 92 valence electrons. The maximum absolute atomic E-state index is 5.72. The van der Waals surface area contributed by atoms with Gasteiger partial charge < -0.3 is 15.2 Å². The van der Waals surface area contributed by atoms with Gasteiger partial charge in [0.2, 0.25) is 0 Å². The molecule has 0 amide bonds. The van der Waals surface area contributed by atoms with Crippen LogP contribution in [0.15, 0.2) is 18.7 Å². The Hall–Kier alpha value is -1.48. The molecule has 0 spiro atoms. The Labute approximate surface area is 102 Å². The maximum Gasteiger partial charge on any atom is 0.126 e. The number of allylic oxidation sites excluding steroid dienone is 1. The van der Waals surface area contributed by atoms with Gasteiger partial charge in [0, 0.05) is 23.1 Å². The van der Waals surface area contributed by atoms with Crippen molar-refractivity contribution in [2.45, 2.75) is 19.3 Å². The molecule has 17 heavy (non-hydrogen) atoms. The molecule has 2 N–H and O–H groups in total. The van der Waals surface area contributed by atoms with E-state index >= 15 is 0 Å². The van der Waals surface area contributed by atoms with Crippen LogP contribution in [-0.4, -0.2) is 20.3 Å². The van der Waals surface area contributed by atoms with E-state index in [-0.39, 0.29) is 0 Å². The first-order valence-electron chi connectivity index (χ1n) is 5.97. The lowest BCUT2D eigenvalue weighted by molar-refractivity contribution is 0.353. The van der Waals surface area contributed by atoms with Gasteiger partial charge in [0.05, 0.1) is 13.7 Å². The first-order valence-corrected chi connectivity index (χ1v) is 5.97. The van der Waals surface area contributed by atoms with Gasteiger partial charge in [-0.25, -0.2) is 0 Å². The first-order chi connectivity index (χ1) is 8.31. The van der Waals surface area contributed by atoms with Crippen LogP contribution in [-0.2, 0) is 19.3 Å². The van der Waals surface area contributed by atoms with Gasteiger partial charge >= 0.3 is 0 Å². The van der Waals surface area contributed by atoms with Gasteiger partial charge in [-0.3, -0.25) is 0 Å². The summed E-state index contributed by atoms with van der Waals surface area (Å²) >= 11 is 0. The summed E-state index contributed by atoms with van der Waals surface area (Å²) in [5.41, 5.74) is 9.29. The molecule has 0 saturated heterocycles. The van der Waals surface area contributed by atoms with Gasteiger partial charge in [0.1, 0.15) is 11.5 Å². The van der Waals surface area contributed by atoms with Crippen LogP contribution >= 0.6 is 0 Å². The zero-order chi connectivity index (χ0) is 12.3. The molecule has 0 unspecified atom stereocenters. The highest BCUT2D eigenvalue weighted by Gasteiger charge is 2.22. The second-order valence-electron chi connectivity index (χ2n) is 4.15. The molecule has 1 aromatic rings. The smallest absolute Gasteiger partial charge is 0.126 e. The maximum atomic E-state index is 5.72. The summed E-state index contributed by atoms with van der Waals surface area (Å²) in [6.07, 6.45) is 4.48. The largest absolute Gasteiger partial charge is 0.496 e. The lowest BCUT2D eigenvalue weighted by Gasteiger charge is -2.15. The topological polar surface area (TPSA) is 44.5 Å². The summed E-state index contributed by atoms with van der Waals surface area (Å²) < 4.78 is 11.2. The average Bonchev–Trinajstić information content (AvgIpc) is 2.81. The van der Waals surface area contributed by atoms with Crippen molar-refractivity contribution in [1.29, 1.82) is 0 Å². The number of methoxy groups -OCH3 is 1. The molecule has 1 heterocycles. The molecule has 0 bridgehead atoms. The van der Waals surface area contributed by atoms with Crippen LogP contribution < -0.4 is 15.2 Å². The zero-order valence-corrected chi connectivity index (χ0v) is 10.3. The third kappa shape index (κ3) is 2.15. The highest BCUT2D eigenvalue weighted by Crippen LogP contribution is 2.38. The van der Waals surface area contributed by atoms with Crippen LogP contribution in [0, 0.1) is 0 Å². The Balaban J connectivity index is 2.53. The van der Waals surface area contributed by atoms with Crippen molar-refractivity contribution in [3.63, 3.8) is 0 Å². The standard InChI is InChI=1S/C14H19NO2/c1-3-4-10-9-13(16-2)11(5-7-15)12-6-8-17-14(10)12/h3,9H,1,4-8,15H2,2H3. The van der Waals surface area contributed by atoms with Crippen LogP contribution in [0.2, 0.25) is 0 Å². The van der Waals surface area contributed by atoms with Gasteiger partial charge in [-0.15, -0.1) is 6.58 Å². The number of ether oxygens (including phenoxy) is 2. The van der Waals surface area contributed by atoms with E-state index in [1.807, 2.05) is 6.08 Å². The molecular formula is C14H19NO2. The van der Waals surface area contributed by atoms with E-state index in [0.717, 1.165) is 42.9 Å². The Kier molecular flexibility index (Phi) is 3.69. The SMILES string of the molecule is C=CCc1cc(OC)c(CCN)c2c1OCC2. The zero-order valence-electron chi connectivity index (χ0n) is 10.3. The molecular weight excluding hydrogens is 214 g/mol. The van der Waals surface area contributed by atoms with E-state index < -0.39 is 0 Å². The third-order valence-corrected chi connectivity index (χ3v) is 3.11. The van der Waals surface area contributed by atoms with Crippen LogP contribution in [0.1, 0.15) is 16.7 Å². The van der Waals surface area contributed by atoms with E-state index in [0.29, 0.717) is 6.54 Å². The minimum Gasteiger partial charge on any atom is -0.496 e. The Morgan fingerprint density at radius 3 is 3.06 bits per heavy atom. The fourth-order valence-electron chi connectivity index (χ4n) is 2.40. The van der Waals surface area contributed by atoms with Crippen molar-refractivity contribution in [1.82, 2.24) is 0 Å². The summed E-state index contributed by atoms with van der Waals surface area (Å²) in [6.45, 7) is 5.16. The predicted octanol–water partition coefficient (Wildman–Crippen LogP) is 1.86. The summed E-state index contributed by atoms with van der Waals surface area (Å²) in [5.74, 6) is 1.95. The van der Waals surface area contributed by atoms with E-state index in [1.54, 1.807) is 7.11 Å². The molecule has 0 saturated carbocycles. The van der Waals surface area contributed by atoms with Crippen molar-refractivity contribution in [3.8, 4) is 11.5 Å². The van der Waals surface area contributed by atoms with E-state index in [2.05, 4.69) is 12.6 Å². The third-order valence-electron chi connectivity index (χ3n) is 3.11. The van der Waals surface area contributed by atoms with Gasteiger partial charge in [-0.1, -0.05) is 6.08 Å². The van der Waals surface area contributed by atoms with Crippen LogP contribution in [0.5, 0.6) is 11.5 Å². The molecule has 0 aliphatic carbocycles. The fraction of sp³-hybridized carbons (Fsp3) is 0.429. The molecule has 3 heteroatoms. The molecule has 1 aliphatic heterocycles. The van der Waals surface area contributed by atoms with Crippen molar-refractivity contribution < 1.29 is 9.47 Å². The average molecular weight is 233 g/mol. The van der Waals surface area contributed by atoms with Crippen molar-refractivity contribution in [2.24, 2.45) is 5.73 Å². The normalized spacial score (nSPS) is 13.1. The van der Waals surface area contributed by atoms with Crippen LogP contribution in [0.3, 0.4) is 0 Å². The molecule has 0 fully saturated rings. The predicted molar refractivity (Wildman–Crippen MR) is 68.9 cm³/mol. The molecule has 0 aromatic heterocycles. The van der Waals surface area contributed by atoms with E-state index in [1.165, 1.54) is 11.1 Å². The second-order valence-corrected chi connectivity index (χ2v) is 4.15. The lowest BCUT2D eigenvalue weighted by Crippen LogP contribution is -2.07. The number of hydrogen-bond acceptors (Lipinski definition) is 3. The Morgan fingerprint density at radius 1 is 1.59 bits per heavy atom. The highest BCUT2D eigenvalue weighted by atomic mass is 16.5. The van der Waals surface area contributed by atoms with Crippen molar-refractivity contribution >= 4 is 0 Å². The molecule has 1 aromatic carbocycles. The summed E-state index contributed by atoms with van der Waals surface area (Å²) in [6, 6.07) is 2.05. The van der Waals surface area contributed by atoms with Gasteiger partial charge in [-0.05, 0) is 25.5 Å². The Bertz CT molecular complexity index is 427.